The van der Waals surface area contributed by atoms with Crippen molar-refractivity contribution in [1.82, 2.24) is 0 Å². The summed E-state index contributed by atoms with van der Waals surface area (Å²) in [5.74, 6) is -3.21. The van der Waals surface area contributed by atoms with E-state index in [0.29, 0.717) is 26.1 Å². The fourth-order valence-electron chi connectivity index (χ4n) is 1.77. The molecule has 1 aliphatic rings. The maximum atomic E-state index is 13.7. The van der Waals surface area contributed by atoms with E-state index in [0.717, 1.165) is 12.1 Å². The minimum Gasteiger partial charge on any atom is -0.487 e. The van der Waals surface area contributed by atoms with Crippen molar-refractivity contribution in [3.63, 3.8) is 0 Å². The third-order valence-electron chi connectivity index (χ3n) is 2.74. The molecule has 2 rings (SSSR count). The Bertz CT molecular complexity index is 570. The highest BCUT2D eigenvalue weighted by molar-refractivity contribution is 8.13. The van der Waals surface area contributed by atoms with Gasteiger partial charge in [0.15, 0.2) is 11.6 Å². The third-order valence-corrected chi connectivity index (χ3v) is 4.08. The largest absolute Gasteiger partial charge is 0.487 e. The molecule has 1 saturated heterocycles. The molecule has 19 heavy (non-hydrogen) atoms. The van der Waals surface area contributed by atoms with Crippen molar-refractivity contribution in [1.29, 1.82) is 0 Å². The van der Waals surface area contributed by atoms with Crippen LogP contribution in [0, 0.1) is 11.6 Å². The molecule has 0 bridgehead atoms. The van der Waals surface area contributed by atoms with Gasteiger partial charge in [0.1, 0.15) is 11.0 Å². The highest BCUT2D eigenvalue weighted by Crippen LogP contribution is 2.29. The minimum atomic E-state index is -4.32. The van der Waals surface area contributed by atoms with Gasteiger partial charge in [-0.05, 0) is 12.1 Å². The molecule has 4 nitrogen and oxygen atoms in total. The van der Waals surface area contributed by atoms with Crippen molar-refractivity contribution in [2.75, 3.05) is 13.2 Å². The quantitative estimate of drug-likeness (QED) is 0.805. The van der Waals surface area contributed by atoms with Crippen LogP contribution in [-0.4, -0.2) is 27.7 Å². The summed E-state index contributed by atoms with van der Waals surface area (Å²) in [6, 6.07) is 1.94. The number of hydrogen-bond donors (Lipinski definition) is 0. The molecule has 0 radical (unpaired) electrons. The smallest absolute Gasteiger partial charge is 0.264 e. The SMILES string of the molecule is O=S(=O)(Cl)c1ccc(OC2CCOCC2)c(F)c1F. The van der Waals surface area contributed by atoms with Gasteiger partial charge in [-0.25, -0.2) is 12.8 Å². The Balaban J connectivity index is 2.26. The molecular weight excluding hydrogens is 302 g/mol. The molecule has 1 aromatic rings. The van der Waals surface area contributed by atoms with Gasteiger partial charge in [-0.1, -0.05) is 0 Å². The van der Waals surface area contributed by atoms with E-state index in [1.54, 1.807) is 0 Å². The van der Waals surface area contributed by atoms with Crippen LogP contribution in [0.4, 0.5) is 8.78 Å². The van der Waals surface area contributed by atoms with Gasteiger partial charge in [0.05, 0.1) is 13.2 Å². The Hall–Kier alpha value is -0.920. The molecule has 1 aromatic carbocycles. The summed E-state index contributed by atoms with van der Waals surface area (Å²) in [6.45, 7) is 0.978. The van der Waals surface area contributed by atoms with E-state index in [9.17, 15) is 17.2 Å². The number of hydrogen-bond acceptors (Lipinski definition) is 4. The van der Waals surface area contributed by atoms with Gasteiger partial charge in [0, 0.05) is 23.5 Å². The van der Waals surface area contributed by atoms with Gasteiger partial charge >= 0.3 is 0 Å². The third kappa shape index (κ3) is 3.34. The molecular formula is C11H11ClF2O4S. The lowest BCUT2D eigenvalue weighted by Gasteiger charge is -2.23. The van der Waals surface area contributed by atoms with Gasteiger partial charge in [-0.2, -0.15) is 4.39 Å². The van der Waals surface area contributed by atoms with Crippen LogP contribution in [0.15, 0.2) is 17.0 Å². The fourth-order valence-corrected chi connectivity index (χ4v) is 2.66. The standard InChI is InChI=1S/C11H11ClF2O4S/c12-19(15,16)9-2-1-8(10(13)11(9)14)18-7-3-5-17-6-4-7/h1-2,7H,3-6H2. The molecule has 0 N–H and O–H groups in total. The van der Waals surface area contributed by atoms with Crippen LogP contribution in [0.25, 0.3) is 0 Å². The maximum absolute atomic E-state index is 13.7. The molecule has 106 valence electrons. The van der Waals surface area contributed by atoms with Gasteiger partial charge < -0.3 is 9.47 Å². The summed E-state index contributed by atoms with van der Waals surface area (Å²) < 4.78 is 59.7. The second-order valence-corrected chi connectivity index (χ2v) is 6.59. The molecule has 1 fully saturated rings. The van der Waals surface area contributed by atoms with Crippen LogP contribution in [0.1, 0.15) is 12.8 Å². The van der Waals surface area contributed by atoms with E-state index in [1.807, 2.05) is 0 Å². The van der Waals surface area contributed by atoms with Crippen molar-refractivity contribution in [3.05, 3.63) is 23.8 Å². The second-order valence-electron chi connectivity index (χ2n) is 4.06. The molecule has 0 aliphatic carbocycles. The predicted octanol–water partition coefficient (Wildman–Crippen LogP) is 2.45. The number of halogens is 3. The number of ether oxygens (including phenoxy) is 2. The Kier molecular flexibility index (Phi) is 4.27. The molecule has 8 heteroatoms. The van der Waals surface area contributed by atoms with Gasteiger partial charge in [0.2, 0.25) is 5.82 Å². The average molecular weight is 313 g/mol. The summed E-state index contributed by atoms with van der Waals surface area (Å²) >= 11 is 0. The number of rotatable bonds is 3. The summed E-state index contributed by atoms with van der Waals surface area (Å²) in [7, 11) is 0.664. The first kappa shape index (κ1) is 14.5. The zero-order valence-corrected chi connectivity index (χ0v) is 11.3. The number of benzene rings is 1. The summed E-state index contributed by atoms with van der Waals surface area (Å²) in [5.41, 5.74) is 0. The fraction of sp³-hybridized carbons (Fsp3) is 0.455. The summed E-state index contributed by atoms with van der Waals surface area (Å²) in [4.78, 5) is -0.897. The maximum Gasteiger partial charge on any atom is 0.264 e. The zero-order valence-electron chi connectivity index (χ0n) is 9.74. The molecule has 0 saturated carbocycles. The molecule has 0 unspecified atom stereocenters. The van der Waals surface area contributed by atoms with Crippen molar-refractivity contribution in [2.24, 2.45) is 0 Å². The van der Waals surface area contributed by atoms with E-state index in [1.165, 1.54) is 0 Å². The van der Waals surface area contributed by atoms with Gasteiger partial charge in [0.25, 0.3) is 9.05 Å². The zero-order chi connectivity index (χ0) is 14.0. The molecule has 0 aromatic heterocycles. The predicted molar refractivity (Wildman–Crippen MR) is 63.9 cm³/mol. The lowest BCUT2D eigenvalue weighted by Crippen LogP contribution is -2.26. The minimum absolute atomic E-state index is 0.277. The van der Waals surface area contributed by atoms with Crippen molar-refractivity contribution in [3.8, 4) is 5.75 Å². The lowest BCUT2D eigenvalue weighted by atomic mass is 10.1. The Morgan fingerprint density at radius 1 is 1.21 bits per heavy atom. The molecule has 1 aliphatic heterocycles. The van der Waals surface area contributed by atoms with E-state index in [4.69, 9.17) is 20.2 Å². The van der Waals surface area contributed by atoms with Crippen molar-refractivity contribution in [2.45, 2.75) is 23.8 Å². The summed E-state index contributed by atoms with van der Waals surface area (Å²) in [6.07, 6.45) is 0.855. The van der Waals surface area contributed by atoms with Crippen LogP contribution in [0.3, 0.4) is 0 Å². The molecule has 0 spiro atoms. The van der Waals surface area contributed by atoms with Crippen LogP contribution in [-0.2, 0) is 13.8 Å². The van der Waals surface area contributed by atoms with E-state index < -0.39 is 25.6 Å². The molecule has 0 amide bonds. The van der Waals surface area contributed by atoms with Crippen LogP contribution in [0.5, 0.6) is 5.75 Å². The molecule has 1 heterocycles. The highest BCUT2D eigenvalue weighted by Gasteiger charge is 2.24. The van der Waals surface area contributed by atoms with Crippen LogP contribution >= 0.6 is 10.7 Å². The topological polar surface area (TPSA) is 52.6 Å². The van der Waals surface area contributed by atoms with Crippen molar-refractivity contribution < 1.29 is 26.7 Å². The second kappa shape index (κ2) is 5.60. The Morgan fingerprint density at radius 2 is 1.84 bits per heavy atom. The van der Waals surface area contributed by atoms with E-state index >= 15 is 0 Å². The Morgan fingerprint density at radius 3 is 2.42 bits per heavy atom. The van der Waals surface area contributed by atoms with Crippen LogP contribution in [0.2, 0.25) is 0 Å². The normalized spacial score (nSPS) is 17.4. The summed E-state index contributed by atoms with van der Waals surface area (Å²) in [5, 5.41) is 0. The lowest BCUT2D eigenvalue weighted by molar-refractivity contribution is 0.0237. The monoisotopic (exact) mass is 312 g/mol. The van der Waals surface area contributed by atoms with Gasteiger partial charge in [-0.3, -0.25) is 0 Å². The van der Waals surface area contributed by atoms with Crippen molar-refractivity contribution >= 4 is 19.7 Å². The average Bonchev–Trinajstić information content (AvgIpc) is 2.35. The first-order valence-corrected chi connectivity index (χ1v) is 7.87. The highest BCUT2D eigenvalue weighted by atomic mass is 35.7. The Labute approximate surface area is 113 Å². The van der Waals surface area contributed by atoms with E-state index in [-0.39, 0.29) is 11.9 Å². The van der Waals surface area contributed by atoms with Crippen LogP contribution < -0.4 is 4.74 Å². The van der Waals surface area contributed by atoms with E-state index in [2.05, 4.69) is 0 Å². The first-order chi connectivity index (χ1) is 8.89. The molecule has 0 atom stereocenters. The first-order valence-electron chi connectivity index (χ1n) is 5.56. The van der Waals surface area contributed by atoms with Gasteiger partial charge in [-0.15, -0.1) is 0 Å².